The predicted octanol–water partition coefficient (Wildman–Crippen LogP) is 4.44. The fourth-order valence-electron chi connectivity index (χ4n) is 2.37. The van der Waals surface area contributed by atoms with E-state index in [0.29, 0.717) is 52.0 Å². The van der Waals surface area contributed by atoms with Crippen LogP contribution in [-0.2, 0) is 14.2 Å². The Balaban J connectivity index is 4.35. The highest BCUT2D eigenvalue weighted by Gasteiger charge is 2.22. The molecule has 0 atom stereocenters. The molecule has 0 spiro atoms. The van der Waals surface area contributed by atoms with Crippen LogP contribution >= 0.6 is 0 Å². The molecule has 9 heteroatoms. The molecule has 0 bridgehead atoms. The molecule has 0 aliphatic carbocycles. The summed E-state index contributed by atoms with van der Waals surface area (Å²) in [6.07, 6.45) is 2.49. The molecule has 0 rings (SSSR count). The van der Waals surface area contributed by atoms with Crippen molar-refractivity contribution in [3.05, 3.63) is 0 Å². The van der Waals surface area contributed by atoms with Crippen molar-refractivity contribution in [3.8, 4) is 0 Å². The minimum atomic E-state index is -0.588. The zero-order valence-corrected chi connectivity index (χ0v) is 20.5. The van der Waals surface area contributed by atoms with Gasteiger partial charge in [-0.1, -0.05) is 13.3 Å². The second kappa shape index (κ2) is 14.8. The van der Waals surface area contributed by atoms with Crippen molar-refractivity contribution in [2.45, 2.75) is 91.8 Å². The van der Waals surface area contributed by atoms with Crippen LogP contribution in [0.25, 0.3) is 0 Å². The van der Waals surface area contributed by atoms with E-state index in [2.05, 4.69) is 10.6 Å². The van der Waals surface area contributed by atoms with Crippen molar-refractivity contribution >= 4 is 18.3 Å². The zero-order chi connectivity index (χ0) is 23.9. The zero-order valence-electron chi connectivity index (χ0n) is 20.5. The number of unbranched alkanes of at least 4 members (excludes halogenated alkanes) is 2. The largest absolute Gasteiger partial charge is 0.450 e. The van der Waals surface area contributed by atoms with Crippen molar-refractivity contribution < 1.29 is 28.6 Å². The van der Waals surface area contributed by atoms with E-state index in [1.165, 1.54) is 0 Å². The Hall–Kier alpha value is -2.19. The molecule has 2 N–H and O–H groups in total. The van der Waals surface area contributed by atoms with E-state index in [4.69, 9.17) is 14.2 Å². The van der Waals surface area contributed by atoms with Crippen LogP contribution in [0.4, 0.5) is 14.4 Å². The Morgan fingerprint density at radius 1 is 0.742 bits per heavy atom. The topological polar surface area (TPSA) is 106 Å². The summed E-state index contributed by atoms with van der Waals surface area (Å²) in [6.45, 7) is 15.1. The van der Waals surface area contributed by atoms with Gasteiger partial charge in [0.25, 0.3) is 0 Å². The summed E-state index contributed by atoms with van der Waals surface area (Å²) < 4.78 is 15.7. The minimum absolute atomic E-state index is 0.391. The van der Waals surface area contributed by atoms with E-state index in [-0.39, 0.29) is 0 Å². The highest BCUT2D eigenvalue weighted by molar-refractivity contribution is 5.68. The summed E-state index contributed by atoms with van der Waals surface area (Å²) in [7, 11) is 0. The van der Waals surface area contributed by atoms with Gasteiger partial charge in [-0.2, -0.15) is 0 Å². The van der Waals surface area contributed by atoms with Crippen LogP contribution in [0.5, 0.6) is 0 Å². The van der Waals surface area contributed by atoms with Gasteiger partial charge in [0, 0.05) is 26.2 Å². The van der Waals surface area contributed by atoms with Gasteiger partial charge < -0.3 is 29.7 Å². The van der Waals surface area contributed by atoms with Crippen molar-refractivity contribution in [3.63, 3.8) is 0 Å². The lowest BCUT2D eigenvalue weighted by Crippen LogP contribution is -2.39. The quantitative estimate of drug-likeness (QED) is 0.340. The summed E-state index contributed by atoms with van der Waals surface area (Å²) in [6, 6.07) is 0. The van der Waals surface area contributed by atoms with Gasteiger partial charge in [0.2, 0.25) is 0 Å². The first kappa shape index (κ1) is 28.8. The van der Waals surface area contributed by atoms with Crippen LogP contribution < -0.4 is 10.6 Å². The van der Waals surface area contributed by atoms with E-state index >= 15 is 0 Å². The van der Waals surface area contributed by atoms with Gasteiger partial charge in [-0.15, -0.1) is 0 Å². The van der Waals surface area contributed by atoms with Crippen LogP contribution in [-0.4, -0.2) is 67.2 Å². The fourth-order valence-corrected chi connectivity index (χ4v) is 2.37. The molecule has 0 unspecified atom stereocenters. The highest BCUT2D eigenvalue weighted by atomic mass is 16.6. The molecule has 0 aromatic heterocycles. The second-order valence-electron chi connectivity index (χ2n) is 9.37. The van der Waals surface area contributed by atoms with Crippen molar-refractivity contribution in [2.24, 2.45) is 0 Å². The number of carbonyl (C=O) groups is 3. The molecule has 0 aliphatic rings. The minimum Gasteiger partial charge on any atom is -0.450 e. The third-order valence-corrected chi connectivity index (χ3v) is 3.78. The Labute approximate surface area is 187 Å². The average Bonchev–Trinajstić information content (AvgIpc) is 2.60. The number of nitrogens with one attached hydrogen (secondary N) is 2. The Kier molecular flexibility index (Phi) is 13.7. The Morgan fingerprint density at radius 3 is 1.87 bits per heavy atom. The third-order valence-electron chi connectivity index (χ3n) is 3.78. The summed E-state index contributed by atoms with van der Waals surface area (Å²) in [5.74, 6) is 0. The molecule has 0 saturated carbocycles. The van der Waals surface area contributed by atoms with Gasteiger partial charge in [-0.3, -0.25) is 0 Å². The van der Waals surface area contributed by atoms with Crippen molar-refractivity contribution in [1.29, 1.82) is 0 Å². The van der Waals surface area contributed by atoms with Gasteiger partial charge >= 0.3 is 18.3 Å². The van der Waals surface area contributed by atoms with Gasteiger partial charge in [0.05, 0.1) is 6.61 Å². The molecule has 0 aromatic carbocycles. The Bertz CT molecular complexity index is 540. The number of carbonyl (C=O) groups excluding carboxylic acids is 3. The number of alkyl carbamates (subject to hydrolysis) is 2. The maximum atomic E-state index is 12.5. The normalized spacial score (nSPS) is 11.5. The number of hydrogen-bond donors (Lipinski definition) is 2. The van der Waals surface area contributed by atoms with E-state index in [1.54, 1.807) is 4.90 Å². The van der Waals surface area contributed by atoms with Gasteiger partial charge in [0.15, 0.2) is 0 Å². The molecule has 31 heavy (non-hydrogen) atoms. The highest BCUT2D eigenvalue weighted by Crippen LogP contribution is 2.11. The number of nitrogens with zero attached hydrogens (tertiary/aromatic N) is 1. The Morgan fingerprint density at radius 2 is 1.29 bits per heavy atom. The predicted molar refractivity (Wildman–Crippen MR) is 120 cm³/mol. The summed E-state index contributed by atoms with van der Waals surface area (Å²) >= 11 is 0. The molecular weight excluding hydrogens is 402 g/mol. The number of hydrogen-bond acceptors (Lipinski definition) is 6. The smallest absolute Gasteiger partial charge is 0.410 e. The van der Waals surface area contributed by atoms with E-state index in [1.807, 2.05) is 48.5 Å². The first-order valence-electron chi connectivity index (χ1n) is 11.2. The molecule has 0 fully saturated rings. The lowest BCUT2D eigenvalue weighted by Gasteiger charge is -2.27. The first-order chi connectivity index (χ1) is 14.3. The lowest BCUT2D eigenvalue weighted by atomic mass is 10.2. The van der Waals surface area contributed by atoms with Gasteiger partial charge in [-0.05, 0) is 67.2 Å². The van der Waals surface area contributed by atoms with Crippen LogP contribution in [0.1, 0.15) is 80.6 Å². The molecule has 9 nitrogen and oxygen atoms in total. The summed E-state index contributed by atoms with van der Waals surface area (Å²) in [5.41, 5.74) is -1.12. The maximum Gasteiger partial charge on any atom is 0.410 e. The fraction of sp³-hybridized carbons (Fsp3) is 0.864. The number of amides is 3. The van der Waals surface area contributed by atoms with Gasteiger partial charge in [0.1, 0.15) is 11.2 Å². The van der Waals surface area contributed by atoms with E-state index < -0.39 is 29.5 Å². The monoisotopic (exact) mass is 445 g/mol. The molecule has 182 valence electrons. The molecule has 0 heterocycles. The average molecular weight is 446 g/mol. The molecule has 3 amide bonds. The third kappa shape index (κ3) is 18.3. The maximum absolute atomic E-state index is 12.5. The van der Waals surface area contributed by atoms with Crippen LogP contribution in [0, 0.1) is 0 Å². The lowest BCUT2D eigenvalue weighted by molar-refractivity contribution is 0.0243. The van der Waals surface area contributed by atoms with Crippen molar-refractivity contribution in [1.82, 2.24) is 15.5 Å². The molecule has 0 radical (unpaired) electrons. The standard InChI is InChI=1S/C22H43N3O6/c1-8-9-17-29-18(26)23-14-12-16-25(20(28)31-22(5,6)7)15-11-10-13-24-19(27)30-21(2,3)4/h8-17H2,1-7H3,(H,23,26)(H,24,27). The number of ether oxygens (including phenoxy) is 3. The van der Waals surface area contributed by atoms with Crippen molar-refractivity contribution in [2.75, 3.05) is 32.8 Å². The van der Waals surface area contributed by atoms with Crippen LogP contribution in [0.15, 0.2) is 0 Å². The van der Waals surface area contributed by atoms with Gasteiger partial charge in [-0.25, -0.2) is 14.4 Å². The second-order valence-corrected chi connectivity index (χ2v) is 9.37. The summed E-state index contributed by atoms with van der Waals surface area (Å²) in [5, 5.41) is 5.40. The van der Waals surface area contributed by atoms with E-state index in [0.717, 1.165) is 12.8 Å². The molecular formula is C22H43N3O6. The molecule has 0 aliphatic heterocycles. The molecule has 0 aromatic rings. The SMILES string of the molecule is CCCCOC(=O)NCCCN(CCCCNC(=O)OC(C)(C)C)C(=O)OC(C)(C)C. The number of rotatable bonds is 12. The first-order valence-corrected chi connectivity index (χ1v) is 11.2. The van der Waals surface area contributed by atoms with Crippen LogP contribution in [0.2, 0.25) is 0 Å². The van der Waals surface area contributed by atoms with E-state index in [9.17, 15) is 14.4 Å². The van der Waals surface area contributed by atoms with Crippen LogP contribution in [0.3, 0.4) is 0 Å². The summed E-state index contributed by atoms with van der Waals surface area (Å²) in [4.78, 5) is 37.4. The molecule has 0 saturated heterocycles.